The minimum absolute atomic E-state index is 0.676. The van der Waals surface area contributed by atoms with Crippen LogP contribution in [0, 0.1) is 0 Å². The summed E-state index contributed by atoms with van der Waals surface area (Å²) in [6.45, 7) is 0.0672. The third-order valence-electron chi connectivity index (χ3n) is 11.1. The van der Waals surface area contributed by atoms with Crippen molar-refractivity contribution in [3.63, 3.8) is 0 Å². The Morgan fingerprint density at radius 3 is 1.48 bits per heavy atom. The second-order valence-electron chi connectivity index (χ2n) is 15.4. The topological polar surface area (TPSA) is 424 Å². The Morgan fingerprint density at radius 2 is 0.902 bits per heavy atom. The van der Waals surface area contributed by atoms with Gasteiger partial charge in [-0.25, -0.2) is 0 Å². The minimum Gasteiger partial charge on any atom is -0.394 e. The molecule has 5 aliphatic heterocycles. The molecule has 25 atom stereocenters. The molecule has 27 nitrogen and oxygen atoms in total. The van der Waals surface area contributed by atoms with Crippen molar-refractivity contribution in [3.8, 4) is 0 Å². The molecular formula is C34H58N2O25. The molecule has 5 saturated heterocycles. The number of amides is 2. The van der Waals surface area contributed by atoms with E-state index in [-0.39, 0.29) is 0 Å². The van der Waals surface area contributed by atoms with E-state index in [2.05, 4.69) is 10.6 Å². The van der Waals surface area contributed by atoms with Gasteiger partial charge in [-0.2, -0.15) is 0 Å². The zero-order chi connectivity index (χ0) is 45.2. The number of rotatable bonds is 14. The van der Waals surface area contributed by atoms with Crippen LogP contribution in [0.3, 0.4) is 0 Å². The average Bonchev–Trinajstić information content (AvgIpc) is 3.22. The molecule has 0 aliphatic carbocycles. The Bertz CT molecular complexity index is 1420. The maximum Gasteiger partial charge on any atom is 0.217 e. The van der Waals surface area contributed by atoms with Gasteiger partial charge in [0.2, 0.25) is 11.8 Å². The standard InChI is InChI=1S/C34H58N2O25/c1-8-17(42)22(47)25(50)32(54-8)61-29-24(49)18(43)11(4-37)56-34(29)60-28-13(6-39)57-31(16(21(28)46)36-10(3)41)53-7-14-19(44)23(48)26(51)33(58-14)59-27-12(5-38)55-30(52)15(20(27)45)35-9(2)40/h8,11-34,37-39,42-52H,4-7H2,1-3H3,(H,35,40)(H,36,41)/t8-,11+,12+,13+,14+,15+,16+,17+,18-,19-,20+,21+,22+,23-,24-,25-,26+,27+,28+,29+,30?,31+,32-,33-,34-/m0/s1. The van der Waals surface area contributed by atoms with Crippen LogP contribution in [0.25, 0.3) is 0 Å². The highest BCUT2D eigenvalue weighted by molar-refractivity contribution is 5.73. The molecule has 0 spiro atoms. The lowest BCUT2D eigenvalue weighted by molar-refractivity contribution is -0.384. The highest BCUT2D eigenvalue weighted by Crippen LogP contribution is 2.34. The molecule has 0 saturated carbocycles. The van der Waals surface area contributed by atoms with E-state index >= 15 is 0 Å². The van der Waals surface area contributed by atoms with Crippen molar-refractivity contribution in [1.29, 1.82) is 0 Å². The van der Waals surface area contributed by atoms with Crippen LogP contribution in [-0.2, 0) is 52.2 Å². The average molecular weight is 895 g/mol. The molecule has 61 heavy (non-hydrogen) atoms. The van der Waals surface area contributed by atoms with Gasteiger partial charge in [0.15, 0.2) is 31.5 Å². The van der Waals surface area contributed by atoms with Gasteiger partial charge in [-0.1, -0.05) is 0 Å². The lowest BCUT2D eigenvalue weighted by Gasteiger charge is -2.49. The van der Waals surface area contributed by atoms with Gasteiger partial charge in [0, 0.05) is 13.8 Å². The zero-order valence-electron chi connectivity index (χ0n) is 33.0. The summed E-state index contributed by atoms with van der Waals surface area (Å²) in [6.07, 6.45) is -40.2. The first-order valence-electron chi connectivity index (χ1n) is 19.4. The van der Waals surface area contributed by atoms with Crippen LogP contribution < -0.4 is 10.6 Å². The van der Waals surface area contributed by atoms with Crippen molar-refractivity contribution >= 4 is 11.8 Å². The number of hydrogen-bond acceptors (Lipinski definition) is 25. The fourth-order valence-electron chi connectivity index (χ4n) is 7.66. The van der Waals surface area contributed by atoms with Crippen molar-refractivity contribution in [3.05, 3.63) is 0 Å². The zero-order valence-corrected chi connectivity index (χ0v) is 33.0. The molecule has 0 radical (unpaired) electrons. The van der Waals surface area contributed by atoms with E-state index in [4.69, 9.17) is 42.6 Å². The van der Waals surface area contributed by atoms with Crippen molar-refractivity contribution in [2.24, 2.45) is 0 Å². The van der Waals surface area contributed by atoms with E-state index in [1.807, 2.05) is 0 Å². The second kappa shape index (κ2) is 21.3. The van der Waals surface area contributed by atoms with Crippen molar-refractivity contribution < 1.29 is 124 Å². The molecule has 354 valence electrons. The van der Waals surface area contributed by atoms with Gasteiger partial charge in [0.1, 0.15) is 116 Å². The number of nitrogens with one attached hydrogen (secondary N) is 2. The van der Waals surface area contributed by atoms with Gasteiger partial charge >= 0.3 is 0 Å². The molecule has 5 fully saturated rings. The Balaban J connectivity index is 1.32. The first-order valence-corrected chi connectivity index (χ1v) is 19.4. The number of aliphatic hydroxyl groups excluding tert-OH is 14. The van der Waals surface area contributed by atoms with E-state index in [0.717, 1.165) is 13.8 Å². The normalized spacial score (nSPS) is 49.6. The van der Waals surface area contributed by atoms with Gasteiger partial charge in [-0.3, -0.25) is 9.59 Å². The predicted octanol–water partition coefficient (Wildman–Crippen LogP) is -10.6. The van der Waals surface area contributed by atoms with Crippen molar-refractivity contribution in [2.75, 3.05) is 26.4 Å². The summed E-state index contributed by atoms with van der Waals surface area (Å²) in [4.78, 5) is 24.1. The molecule has 0 bridgehead atoms. The van der Waals surface area contributed by atoms with Crippen LogP contribution in [0.4, 0.5) is 0 Å². The molecule has 16 N–H and O–H groups in total. The Kier molecular flexibility index (Phi) is 17.5. The highest BCUT2D eigenvalue weighted by atomic mass is 16.8. The summed E-state index contributed by atoms with van der Waals surface area (Å²) in [7, 11) is 0. The summed E-state index contributed by atoms with van der Waals surface area (Å²) >= 11 is 0. The van der Waals surface area contributed by atoms with Gasteiger partial charge in [-0.15, -0.1) is 0 Å². The van der Waals surface area contributed by atoms with E-state index in [1.165, 1.54) is 6.92 Å². The first kappa shape index (κ1) is 50.0. The van der Waals surface area contributed by atoms with E-state index in [9.17, 15) is 81.1 Å². The fraction of sp³-hybridized carbons (Fsp3) is 0.941. The molecule has 0 aromatic rings. The summed E-state index contributed by atoms with van der Waals surface area (Å²) in [5.41, 5.74) is 0. The van der Waals surface area contributed by atoms with E-state index in [0.29, 0.717) is 0 Å². The van der Waals surface area contributed by atoms with Crippen LogP contribution >= 0.6 is 0 Å². The third kappa shape index (κ3) is 10.9. The molecule has 0 aromatic heterocycles. The van der Waals surface area contributed by atoms with Crippen LogP contribution in [0.5, 0.6) is 0 Å². The molecule has 5 heterocycles. The van der Waals surface area contributed by atoms with Crippen LogP contribution in [0.1, 0.15) is 20.8 Å². The molecule has 1 unspecified atom stereocenters. The molecule has 2 amide bonds. The maximum absolute atomic E-state index is 12.4. The molecule has 5 aliphatic rings. The Morgan fingerprint density at radius 1 is 0.459 bits per heavy atom. The summed E-state index contributed by atoms with van der Waals surface area (Å²) in [6, 6.07) is -3.07. The van der Waals surface area contributed by atoms with Gasteiger partial charge < -0.3 is 125 Å². The minimum atomic E-state index is -2.01. The second-order valence-corrected chi connectivity index (χ2v) is 15.4. The maximum atomic E-state index is 12.4. The third-order valence-corrected chi connectivity index (χ3v) is 11.1. The lowest BCUT2D eigenvalue weighted by Crippen LogP contribution is -2.69. The summed E-state index contributed by atoms with van der Waals surface area (Å²) < 4.78 is 51.0. The highest BCUT2D eigenvalue weighted by Gasteiger charge is 2.55. The van der Waals surface area contributed by atoms with Crippen LogP contribution in [0.15, 0.2) is 0 Å². The van der Waals surface area contributed by atoms with Gasteiger partial charge in [-0.05, 0) is 6.92 Å². The number of carbonyl (C=O) groups excluding carboxylic acids is 2. The number of aliphatic hydroxyl groups is 14. The molecule has 27 heteroatoms. The fourth-order valence-corrected chi connectivity index (χ4v) is 7.66. The molecular weight excluding hydrogens is 836 g/mol. The van der Waals surface area contributed by atoms with Crippen molar-refractivity contribution in [2.45, 2.75) is 174 Å². The summed E-state index contributed by atoms with van der Waals surface area (Å²) in [5, 5.41) is 153. The largest absolute Gasteiger partial charge is 0.394 e. The Hall–Kier alpha value is -1.98. The molecule has 5 rings (SSSR count). The Labute approximate surface area is 346 Å². The number of ether oxygens (including phenoxy) is 9. The van der Waals surface area contributed by atoms with Gasteiger partial charge in [0.05, 0.1) is 32.5 Å². The monoisotopic (exact) mass is 894 g/mol. The van der Waals surface area contributed by atoms with Crippen LogP contribution in [0.2, 0.25) is 0 Å². The quantitative estimate of drug-likeness (QED) is 0.0770. The van der Waals surface area contributed by atoms with Gasteiger partial charge in [0.25, 0.3) is 0 Å². The van der Waals surface area contributed by atoms with Crippen molar-refractivity contribution in [1.82, 2.24) is 10.6 Å². The number of carbonyl (C=O) groups is 2. The summed E-state index contributed by atoms with van der Waals surface area (Å²) in [5.74, 6) is -1.44. The molecule has 0 aromatic carbocycles. The van der Waals surface area contributed by atoms with Crippen LogP contribution in [-0.4, -0.2) is 263 Å². The SMILES string of the molecule is CC(=O)N[C@H]1[C@H](OC[C@H]2O[C@@H](O[C@H]3[C@H](O)[C@@H](NC(C)=O)C(O)O[C@@H]3CO)[C@H](O)[C@@H](O)[C@H]2O)O[C@H](CO)[C@@H](O[C@@H]2O[C@H](CO)[C@H](O)[C@H](O)[C@H]2O[C@@H]2O[C@@H](C)[C@@H](O)[C@@H](O)[C@@H]2O)[C@@H]1O. The number of hydrogen-bond donors (Lipinski definition) is 16. The smallest absolute Gasteiger partial charge is 0.217 e. The first-order chi connectivity index (χ1) is 28.7. The lowest BCUT2D eigenvalue weighted by atomic mass is 9.95. The van der Waals surface area contributed by atoms with E-state index < -0.39 is 192 Å². The van der Waals surface area contributed by atoms with E-state index in [1.54, 1.807) is 0 Å². The predicted molar refractivity (Wildman–Crippen MR) is 188 cm³/mol.